The molecule has 1 amide bonds. The molecule has 0 saturated carbocycles. The molecule has 0 saturated heterocycles. The Labute approximate surface area is 166 Å². The number of amides is 1. The number of anilines is 1. The Morgan fingerprint density at radius 3 is 2.18 bits per heavy atom. The third-order valence-corrected chi connectivity index (χ3v) is 4.11. The minimum atomic E-state index is -2.92. The third-order valence-electron chi connectivity index (χ3n) is 3.86. The summed E-state index contributed by atoms with van der Waals surface area (Å²) in [5, 5.41) is 3.08. The van der Waals surface area contributed by atoms with Crippen molar-refractivity contribution in [3.63, 3.8) is 0 Å². The summed E-state index contributed by atoms with van der Waals surface area (Å²) >= 11 is 5.88. The third kappa shape index (κ3) is 6.49. The van der Waals surface area contributed by atoms with Gasteiger partial charge < -0.3 is 14.8 Å². The number of nitrogens with one attached hydrogen (secondary N) is 1. The predicted octanol–water partition coefficient (Wildman–Crippen LogP) is 4.86. The van der Waals surface area contributed by atoms with Crippen molar-refractivity contribution in [3.05, 3.63) is 59.1 Å². The molecule has 0 unspecified atom stereocenters. The molecule has 28 heavy (non-hydrogen) atoms. The van der Waals surface area contributed by atoms with Gasteiger partial charge in [-0.1, -0.05) is 37.6 Å². The number of alkyl halides is 2. The molecule has 5 nitrogen and oxygen atoms in total. The molecule has 0 fully saturated rings. The Morgan fingerprint density at radius 2 is 1.64 bits per heavy atom. The van der Waals surface area contributed by atoms with Crippen LogP contribution >= 0.6 is 11.6 Å². The van der Waals surface area contributed by atoms with Gasteiger partial charge in [0.25, 0.3) is 5.91 Å². The monoisotopic (exact) mass is 411 g/mol. The summed E-state index contributed by atoms with van der Waals surface area (Å²) in [4.78, 5) is 24.4. The second kappa shape index (κ2) is 10.0. The van der Waals surface area contributed by atoms with Crippen molar-refractivity contribution in [2.24, 2.45) is 5.92 Å². The van der Waals surface area contributed by atoms with E-state index in [9.17, 15) is 18.4 Å². The van der Waals surface area contributed by atoms with E-state index in [0.29, 0.717) is 10.7 Å². The van der Waals surface area contributed by atoms with Crippen LogP contribution in [0.15, 0.2) is 48.5 Å². The van der Waals surface area contributed by atoms with E-state index in [4.69, 9.17) is 16.3 Å². The standard InChI is InChI=1S/C20H20ClF2NO4/c1-12(2)18(13-3-5-14(21)6-4-13)19(26)27-11-17(25)24-15-7-9-16(10-8-15)28-20(22)23/h3-10,12,18,20H,11H2,1-2H3,(H,24,25)/t18-/m1/s1. The molecular weight excluding hydrogens is 392 g/mol. The molecule has 0 bridgehead atoms. The molecule has 0 aliphatic rings. The summed E-state index contributed by atoms with van der Waals surface area (Å²) in [7, 11) is 0. The van der Waals surface area contributed by atoms with Crippen molar-refractivity contribution in [3.8, 4) is 5.75 Å². The first-order chi connectivity index (χ1) is 13.3. The van der Waals surface area contributed by atoms with E-state index < -0.39 is 31.0 Å². The summed E-state index contributed by atoms with van der Waals surface area (Å²) in [6.45, 7) is 0.368. The Bertz CT molecular complexity index is 795. The second-order valence-corrected chi connectivity index (χ2v) is 6.77. The highest BCUT2D eigenvalue weighted by molar-refractivity contribution is 6.30. The van der Waals surface area contributed by atoms with Gasteiger partial charge in [0.1, 0.15) is 5.75 Å². The lowest BCUT2D eigenvalue weighted by Gasteiger charge is -2.20. The SMILES string of the molecule is CC(C)[C@@H](C(=O)OCC(=O)Nc1ccc(OC(F)F)cc1)c1ccc(Cl)cc1. The van der Waals surface area contributed by atoms with E-state index in [1.807, 2.05) is 13.8 Å². The van der Waals surface area contributed by atoms with Gasteiger partial charge in [-0.15, -0.1) is 0 Å². The van der Waals surface area contributed by atoms with Gasteiger partial charge in [-0.05, 0) is 47.9 Å². The van der Waals surface area contributed by atoms with E-state index in [0.717, 1.165) is 5.56 Å². The smallest absolute Gasteiger partial charge is 0.387 e. The summed E-state index contributed by atoms with van der Waals surface area (Å²) < 4.78 is 33.6. The number of ether oxygens (including phenoxy) is 2. The molecule has 8 heteroatoms. The quantitative estimate of drug-likeness (QED) is 0.630. The molecule has 0 spiro atoms. The van der Waals surface area contributed by atoms with Gasteiger partial charge in [0, 0.05) is 10.7 Å². The fourth-order valence-corrected chi connectivity index (χ4v) is 2.73. The van der Waals surface area contributed by atoms with Crippen LogP contribution < -0.4 is 10.1 Å². The molecule has 2 aromatic rings. The molecular formula is C20H20ClF2NO4. The number of halogens is 3. The molecule has 0 aliphatic heterocycles. The number of hydrogen-bond acceptors (Lipinski definition) is 4. The zero-order valence-corrected chi connectivity index (χ0v) is 16.1. The van der Waals surface area contributed by atoms with Crippen LogP contribution in [0.2, 0.25) is 5.02 Å². The van der Waals surface area contributed by atoms with Crippen LogP contribution in [0.1, 0.15) is 25.3 Å². The molecule has 0 aliphatic carbocycles. The average Bonchev–Trinajstić information content (AvgIpc) is 2.63. The van der Waals surface area contributed by atoms with E-state index in [-0.39, 0.29) is 11.7 Å². The zero-order chi connectivity index (χ0) is 20.7. The van der Waals surface area contributed by atoms with Gasteiger partial charge in [-0.25, -0.2) is 0 Å². The number of benzene rings is 2. The maximum Gasteiger partial charge on any atom is 0.387 e. The fraction of sp³-hybridized carbons (Fsp3) is 0.300. The lowest BCUT2D eigenvalue weighted by Crippen LogP contribution is -2.26. The van der Waals surface area contributed by atoms with Gasteiger partial charge in [-0.3, -0.25) is 9.59 Å². The normalized spacial score (nSPS) is 12.0. The van der Waals surface area contributed by atoms with Crippen LogP contribution in [0.25, 0.3) is 0 Å². The maximum atomic E-state index is 12.5. The minimum absolute atomic E-state index is 0.0258. The van der Waals surface area contributed by atoms with Crippen molar-refractivity contribution in [2.75, 3.05) is 11.9 Å². The van der Waals surface area contributed by atoms with Crippen LogP contribution in [0.4, 0.5) is 14.5 Å². The van der Waals surface area contributed by atoms with Gasteiger partial charge >= 0.3 is 12.6 Å². The molecule has 0 aromatic heterocycles. The molecule has 2 aromatic carbocycles. The molecule has 0 heterocycles. The molecule has 150 valence electrons. The number of carbonyl (C=O) groups excluding carboxylic acids is 2. The van der Waals surface area contributed by atoms with E-state index in [1.165, 1.54) is 24.3 Å². The van der Waals surface area contributed by atoms with Gasteiger partial charge in [0.15, 0.2) is 6.61 Å². The van der Waals surface area contributed by atoms with E-state index in [1.54, 1.807) is 24.3 Å². The Balaban J connectivity index is 1.91. The Morgan fingerprint density at radius 1 is 1.04 bits per heavy atom. The van der Waals surface area contributed by atoms with Crippen molar-refractivity contribution >= 4 is 29.2 Å². The minimum Gasteiger partial charge on any atom is -0.455 e. The largest absolute Gasteiger partial charge is 0.455 e. The van der Waals surface area contributed by atoms with Crippen molar-refractivity contribution in [1.82, 2.24) is 0 Å². The molecule has 0 radical (unpaired) electrons. The van der Waals surface area contributed by atoms with Crippen LogP contribution in [0.3, 0.4) is 0 Å². The first kappa shape index (κ1) is 21.6. The highest BCUT2D eigenvalue weighted by Gasteiger charge is 2.26. The zero-order valence-electron chi connectivity index (χ0n) is 15.3. The molecule has 1 atom stereocenters. The number of carbonyl (C=O) groups is 2. The summed E-state index contributed by atoms with van der Waals surface area (Å²) in [6, 6.07) is 12.3. The number of hydrogen-bond donors (Lipinski definition) is 1. The van der Waals surface area contributed by atoms with Gasteiger partial charge in [0.05, 0.1) is 5.92 Å². The van der Waals surface area contributed by atoms with Crippen molar-refractivity contribution in [2.45, 2.75) is 26.4 Å². The van der Waals surface area contributed by atoms with Crippen LogP contribution in [-0.2, 0) is 14.3 Å². The maximum absolute atomic E-state index is 12.5. The number of esters is 1. The van der Waals surface area contributed by atoms with E-state index >= 15 is 0 Å². The van der Waals surface area contributed by atoms with Crippen LogP contribution in [0.5, 0.6) is 5.75 Å². The lowest BCUT2D eigenvalue weighted by molar-refractivity contribution is -0.149. The summed E-state index contributed by atoms with van der Waals surface area (Å²) in [5.74, 6) is -1.67. The van der Waals surface area contributed by atoms with Crippen molar-refractivity contribution < 1.29 is 27.8 Å². The number of rotatable bonds is 8. The molecule has 2 rings (SSSR count). The van der Waals surface area contributed by atoms with Gasteiger partial charge in [-0.2, -0.15) is 8.78 Å². The fourth-order valence-electron chi connectivity index (χ4n) is 2.61. The first-order valence-corrected chi connectivity index (χ1v) is 8.91. The van der Waals surface area contributed by atoms with Crippen LogP contribution in [0, 0.1) is 5.92 Å². The lowest BCUT2D eigenvalue weighted by atomic mass is 9.88. The molecule has 1 N–H and O–H groups in total. The topological polar surface area (TPSA) is 64.6 Å². The highest BCUT2D eigenvalue weighted by atomic mass is 35.5. The summed E-state index contributed by atoms with van der Waals surface area (Å²) in [6.07, 6.45) is 0. The van der Waals surface area contributed by atoms with Crippen molar-refractivity contribution in [1.29, 1.82) is 0 Å². The second-order valence-electron chi connectivity index (χ2n) is 6.33. The Kier molecular flexibility index (Phi) is 7.75. The first-order valence-electron chi connectivity index (χ1n) is 8.53. The van der Waals surface area contributed by atoms with E-state index in [2.05, 4.69) is 10.1 Å². The average molecular weight is 412 g/mol. The predicted molar refractivity (Wildman–Crippen MR) is 102 cm³/mol. The highest BCUT2D eigenvalue weighted by Crippen LogP contribution is 2.27. The summed E-state index contributed by atoms with van der Waals surface area (Å²) in [5.41, 5.74) is 1.11. The van der Waals surface area contributed by atoms with Crippen LogP contribution in [-0.4, -0.2) is 25.1 Å². The Hall–Kier alpha value is -2.67. The van der Waals surface area contributed by atoms with Gasteiger partial charge in [0.2, 0.25) is 0 Å².